The molecule has 5 unspecified atom stereocenters. The summed E-state index contributed by atoms with van der Waals surface area (Å²) >= 11 is 0. The molecule has 4 aliphatic carbocycles. The fraction of sp³-hybridized carbons (Fsp3) is 0.444. The van der Waals surface area contributed by atoms with Crippen LogP contribution in [0.25, 0.3) is 0 Å². The first-order chi connectivity index (χ1) is 11.2. The molecule has 4 aliphatic rings. The third-order valence-electron chi connectivity index (χ3n) is 5.26. The molecule has 0 heterocycles. The largest absolute Gasteiger partial charge is 0.443 e. The van der Waals surface area contributed by atoms with Crippen molar-refractivity contribution in [3.63, 3.8) is 0 Å². The molecule has 120 valence electrons. The Bertz CT molecular complexity index is 642. The van der Waals surface area contributed by atoms with Gasteiger partial charge >= 0.3 is 12.1 Å². The lowest BCUT2D eigenvalue weighted by Crippen LogP contribution is -2.39. The highest BCUT2D eigenvalue weighted by atomic mass is 16.7. The molecule has 5 heteroatoms. The van der Waals surface area contributed by atoms with Gasteiger partial charge in [0.15, 0.2) is 0 Å². The Morgan fingerprint density at radius 3 is 2.70 bits per heavy atom. The number of hydrogen-bond donors (Lipinski definition) is 1. The van der Waals surface area contributed by atoms with Crippen LogP contribution in [0.15, 0.2) is 42.5 Å². The number of amides is 1. The Morgan fingerprint density at radius 2 is 1.91 bits per heavy atom. The van der Waals surface area contributed by atoms with Crippen LogP contribution in [0.1, 0.15) is 18.4 Å². The van der Waals surface area contributed by atoms with E-state index in [-0.39, 0.29) is 24.4 Å². The van der Waals surface area contributed by atoms with Gasteiger partial charge in [0.05, 0.1) is 5.92 Å². The summed E-state index contributed by atoms with van der Waals surface area (Å²) in [7, 11) is 0. The number of carbonyl (C=O) groups is 2. The van der Waals surface area contributed by atoms with Crippen molar-refractivity contribution in [1.29, 1.82) is 0 Å². The molecule has 1 amide bonds. The van der Waals surface area contributed by atoms with Crippen LogP contribution in [-0.2, 0) is 21.0 Å². The van der Waals surface area contributed by atoms with Crippen LogP contribution >= 0.6 is 0 Å². The number of fused-ring (bicyclic) bond motifs is 1. The number of benzene rings is 1. The van der Waals surface area contributed by atoms with Crippen LogP contribution in [0.2, 0.25) is 0 Å². The first-order valence-electron chi connectivity index (χ1n) is 8.08. The average molecular weight is 313 g/mol. The van der Waals surface area contributed by atoms with Crippen LogP contribution < -0.4 is 5.48 Å². The zero-order valence-corrected chi connectivity index (χ0v) is 12.7. The molecular formula is C18H19NO4. The number of allylic oxidation sites excluding steroid dienone is 2. The van der Waals surface area contributed by atoms with Gasteiger partial charge in [-0.15, -0.1) is 5.48 Å². The van der Waals surface area contributed by atoms with E-state index in [1.807, 2.05) is 30.3 Å². The van der Waals surface area contributed by atoms with Crippen molar-refractivity contribution in [3.05, 3.63) is 48.0 Å². The SMILES string of the molecule is O=C(NOC(=O)C1CC2C=CC1C1CC21)OCc1ccccc1. The minimum atomic E-state index is -0.747. The van der Waals surface area contributed by atoms with Crippen molar-refractivity contribution in [3.8, 4) is 0 Å². The molecule has 2 saturated carbocycles. The van der Waals surface area contributed by atoms with E-state index in [4.69, 9.17) is 9.57 Å². The van der Waals surface area contributed by atoms with Gasteiger partial charge in [0, 0.05) is 0 Å². The first kappa shape index (κ1) is 14.3. The monoisotopic (exact) mass is 313 g/mol. The van der Waals surface area contributed by atoms with E-state index in [2.05, 4.69) is 17.6 Å². The van der Waals surface area contributed by atoms with Gasteiger partial charge in [0.2, 0.25) is 0 Å². The molecule has 0 spiro atoms. The van der Waals surface area contributed by atoms with Gasteiger partial charge in [-0.05, 0) is 42.1 Å². The third-order valence-corrected chi connectivity index (χ3v) is 5.26. The van der Waals surface area contributed by atoms with E-state index in [9.17, 15) is 9.59 Å². The molecule has 0 aliphatic heterocycles. The van der Waals surface area contributed by atoms with Gasteiger partial charge < -0.3 is 9.57 Å². The van der Waals surface area contributed by atoms with E-state index in [1.165, 1.54) is 6.42 Å². The van der Waals surface area contributed by atoms with Crippen molar-refractivity contribution in [2.75, 3.05) is 0 Å². The minimum absolute atomic E-state index is 0.136. The van der Waals surface area contributed by atoms with Gasteiger partial charge in [-0.3, -0.25) is 0 Å². The Balaban J connectivity index is 1.24. The van der Waals surface area contributed by atoms with E-state index >= 15 is 0 Å². The van der Waals surface area contributed by atoms with E-state index in [0.717, 1.165) is 17.9 Å². The number of hydroxylamine groups is 1. The number of hydrogen-bond acceptors (Lipinski definition) is 4. The maximum Gasteiger partial charge on any atom is 0.441 e. The summed E-state index contributed by atoms with van der Waals surface area (Å²) in [4.78, 5) is 28.8. The molecule has 5 rings (SSSR count). The molecule has 2 bridgehead atoms. The van der Waals surface area contributed by atoms with Crippen molar-refractivity contribution in [2.24, 2.45) is 29.6 Å². The van der Waals surface area contributed by atoms with Crippen molar-refractivity contribution >= 4 is 12.1 Å². The summed E-state index contributed by atoms with van der Waals surface area (Å²) in [6, 6.07) is 9.34. The number of nitrogens with one attached hydrogen (secondary N) is 1. The van der Waals surface area contributed by atoms with Crippen LogP contribution in [-0.4, -0.2) is 12.1 Å². The molecule has 5 atom stereocenters. The van der Waals surface area contributed by atoms with Crippen LogP contribution in [0.4, 0.5) is 4.79 Å². The smallest absolute Gasteiger partial charge is 0.441 e. The topological polar surface area (TPSA) is 64.6 Å². The van der Waals surface area contributed by atoms with Gasteiger partial charge in [-0.2, -0.15) is 0 Å². The Hall–Kier alpha value is -2.30. The molecule has 0 radical (unpaired) electrons. The third kappa shape index (κ3) is 2.83. The number of rotatable bonds is 3. The maximum absolute atomic E-state index is 12.2. The maximum atomic E-state index is 12.2. The second-order valence-electron chi connectivity index (χ2n) is 6.62. The van der Waals surface area contributed by atoms with Crippen LogP contribution in [0.5, 0.6) is 0 Å². The minimum Gasteiger partial charge on any atom is -0.443 e. The molecule has 0 saturated heterocycles. The summed E-state index contributed by atoms with van der Waals surface area (Å²) in [5, 5.41) is 0. The molecule has 5 nitrogen and oxygen atoms in total. The second kappa shape index (κ2) is 5.72. The highest BCUT2D eigenvalue weighted by Gasteiger charge is 2.57. The summed E-state index contributed by atoms with van der Waals surface area (Å²) in [5.41, 5.74) is 2.98. The highest BCUT2D eigenvalue weighted by Crippen LogP contribution is 2.61. The normalized spacial score (nSPS) is 32.8. The van der Waals surface area contributed by atoms with Gasteiger partial charge in [0.25, 0.3) is 0 Å². The second-order valence-corrected chi connectivity index (χ2v) is 6.62. The Kier molecular flexibility index (Phi) is 3.56. The number of ether oxygens (including phenoxy) is 1. The Morgan fingerprint density at radius 1 is 1.09 bits per heavy atom. The van der Waals surface area contributed by atoms with Crippen LogP contribution in [0, 0.1) is 29.6 Å². The standard InChI is InChI=1S/C18H19NO4/c20-17(16-8-12-6-7-13(16)15-9-14(12)15)23-19-18(21)22-10-11-4-2-1-3-5-11/h1-7,12-16H,8-10H2,(H,19,21). The predicted octanol–water partition coefficient (Wildman–Crippen LogP) is 2.83. The lowest BCUT2D eigenvalue weighted by Gasteiger charge is -2.35. The zero-order valence-electron chi connectivity index (χ0n) is 12.7. The van der Waals surface area contributed by atoms with E-state index in [0.29, 0.717) is 11.8 Å². The van der Waals surface area contributed by atoms with E-state index < -0.39 is 6.09 Å². The van der Waals surface area contributed by atoms with Crippen molar-refractivity contribution < 1.29 is 19.2 Å². The molecule has 0 aromatic heterocycles. The zero-order chi connectivity index (χ0) is 15.8. The highest BCUT2D eigenvalue weighted by molar-refractivity contribution is 5.76. The molecule has 1 N–H and O–H groups in total. The van der Waals surface area contributed by atoms with E-state index in [1.54, 1.807) is 0 Å². The lowest BCUT2D eigenvalue weighted by molar-refractivity contribution is -0.158. The summed E-state index contributed by atoms with van der Waals surface area (Å²) in [5.74, 6) is 1.71. The molecule has 1 aromatic carbocycles. The fourth-order valence-electron chi connectivity index (χ4n) is 4.04. The quantitative estimate of drug-likeness (QED) is 0.688. The number of carbonyl (C=O) groups excluding carboxylic acids is 2. The lowest BCUT2D eigenvalue weighted by atomic mass is 9.69. The average Bonchev–Trinajstić information content (AvgIpc) is 3.41. The Labute approximate surface area is 134 Å². The predicted molar refractivity (Wildman–Crippen MR) is 81.7 cm³/mol. The van der Waals surface area contributed by atoms with Crippen molar-refractivity contribution in [2.45, 2.75) is 19.4 Å². The molecule has 2 fully saturated rings. The summed E-state index contributed by atoms with van der Waals surface area (Å²) in [6.45, 7) is 0.144. The fourth-order valence-corrected chi connectivity index (χ4v) is 4.04. The molecular weight excluding hydrogens is 294 g/mol. The van der Waals surface area contributed by atoms with Crippen LogP contribution in [0.3, 0.4) is 0 Å². The summed E-state index contributed by atoms with van der Waals surface area (Å²) in [6.07, 6.45) is 5.70. The van der Waals surface area contributed by atoms with Gasteiger partial charge in [0.1, 0.15) is 6.61 Å². The van der Waals surface area contributed by atoms with Crippen molar-refractivity contribution in [1.82, 2.24) is 5.48 Å². The van der Waals surface area contributed by atoms with Gasteiger partial charge in [-0.1, -0.05) is 42.5 Å². The first-order valence-corrected chi connectivity index (χ1v) is 8.08. The molecule has 23 heavy (non-hydrogen) atoms. The molecule has 1 aromatic rings. The van der Waals surface area contributed by atoms with Gasteiger partial charge in [-0.25, -0.2) is 9.59 Å². The summed E-state index contributed by atoms with van der Waals surface area (Å²) < 4.78 is 5.02.